The van der Waals surface area contributed by atoms with Gasteiger partial charge in [0.1, 0.15) is 0 Å². The summed E-state index contributed by atoms with van der Waals surface area (Å²) < 4.78 is 16.8. The summed E-state index contributed by atoms with van der Waals surface area (Å²) in [6, 6.07) is 12.1. The van der Waals surface area contributed by atoms with Crippen LogP contribution in [-0.2, 0) is 10.5 Å². The van der Waals surface area contributed by atoms with Crippen molar-refractivity contribution in [1.29, 1.82) is 0 Å². The van der Waals surface area contributed by atoms with Gasteiger partial charge in [-0.05, 0) is 37.6 Å². The molecule has 0 N–H and O–H groups in total. The quantitative estimate of drug-likeness (QED) is 0.698. The maximum atomic E-state index is 13.1. The number of methoxy groups -OCH3 is 2. The van der Waals surface area contributed by atoms with Gasteiger partial charge in [0.2, 0.25) is 0 Å². The lowest BCUT2D eigenvalue weighted by molar-refractivity contribution is -0.126. The van der Waals surface area contributed by atoms with E-state index in [1.54, 1.807) is 49.6 Å². The van der Waals surface area contributed by atoms with Crippen LogP contribution in [-0.4, -0.2) is 37.5 Å². The van der Waals surface area contributed by atoms with Gasteiger partial charge in [-0.3, -0.25) is 9.59 Å². The molecule has 2 aromatic carbocycles. The Balaban J connectivity index is 2.18. The number of ether oxygens (including phenoxy) is 3. The molecule has 3 rings (SSSR count). The Labute approximate surface area is 158 Å². The number of hydrogen-bond donors (Lipinski definition) is 0. The van der Waals surface area contributed by atoms with Gasteiger partial charge in [0.05, 0.1) is 25.3 Å². The molecule has 0 fully saturated rings. The van der Waals surface area contributed by atoms with Crippen LogP contribution in [0, 0.1) is 0 Å². The molecule has 6 heteroatoms. The van der Waals surface area contributed by atoms with Crippen LogP contribution in [0.4, 0.5) is 0 Å². The molecule has 1 aliphatic rings. The minimum absolute atomic E-state index is 0.329. The SMILES string of the molecule is CCOC(CC)(c1ccc(OC)c(OC)c1)N1C(=O)c2ccccc2C1=O. The van der Waals surface area contributed by atoms with E-state index in [-0.39, 0.29) is 11.8 Å². The number of amides is 2. The first-order valence-electron chi connectivity index (χ1n) is 8.88. The first kappa shape index (κ1) is 18.9. The highest BCUT2D eigenvalue weighted by Crippen LogP contribution is 2.42. The summed E-state index contributed by atoms with van der Waals surface area (Å²) in [4.78, 5) is 27.4. The van der Waals surface area contributed by atoms with Crippen molar-refractivity contribution in [3.8, 4) is 11.5 Å². The van der Waals surface area contributed by atoms with Gasteiger partial charge in [-0.25, -0.2) is 4.90 Å². The number of nitrogens with zero attached hydrogens (tertiary/aromatic N) is 1. The van der Waals surface area contributed by atoms with Crippen molar-refractivity contribution in [2.75, 3.05) is 20.8 Å². The van der Waals surface area contributed by atoms with E-state index in [0.717, 1.165) is 0 Å². The van der Waals surface area contributed by atoms with Gasteiger partial charge in [-0.1, -0.05) is 25.1 Å². The average Bonchev–Trinajstić information content (AvgIpc) is 2.97. The Bertz CT molecular complexity index is 844. The molecular formula is C21H23NO5. The largest absolute Gasteiger partial charge is 0.493 e. The van der Waals surface area contributed by atoms with E-state index in [4.69, 9.17) is 14.2 Å². The smallest absolute Gasteiger partial charge is 0.264 e. The van der Waals surface area contributed by atoms with Gasteiger partial charge in [0.25, 0.3) is 11.8 Å². The molecular weight excluding hydrogens is 346 g/mol. The average molecular weight is 369 g/mol. The van der Waals surface area contributed by atoms with Crippen molar-refractivity contribution < 1.29 is 23.8 Å². The third kappa shape index (κ3) is 2.86. The van der Waals surface area contributed by atoms with Crippen molar-refractivity contribution >= 4 is 11.8 Å². The van der Waals surface area contributed by atoms with Crippen LogP contribution < -0.4 is 9.47 Å². The van der Waals surface area contributed by atoms with Crippen LogP contribution in [0.2, 0.25) is 0 Å². The predicted molar refractivity (Wildman–Crippen MR) is 100 cm³/mol. The number of hydrogen-bond acceptors (Lipinski definition) is 5. The predicted octanol–water partition coefficient (Wildman–Crippen LogP) is 3.60. The van der Waals surface area contributed by atoms with Crippen LogP contribution in [0.3, 0.4) is 0 Å². The lowest BCUT2D eigenvalue weighted by atomic mass is 9.96. The number of fused-ring (bicyclic) bond motifs is 1. The zero-order chi connectivity index (χ0) is 19.6. The van der Waals surface area contributed by atoms with Crippen molar-refractivity contribution in [1.82, 2.24) is 4.90 Å². The van der Waals surface area contributed by atoms with Crippen molar-refractivity contribution in [2.24, 2.45) is 0 Å². The highest BCUT2D eigenvalue weighted by molar-refractivity contribution is 6.21. The molecule has 0 bridgehead atoms. The van der Waals surface area contributed by atoms with Gasteiger partial charge in [-0.15, -0.1) is 0 Å². The van der Waals surface area contributed by atoms with Crippen LogP contribution in [0.25, 0.3) is 0 Å². The maximum Gasteiger partial charge on any atom is 0.264 e. The zero-order valence-corrected chi connectivity index (χ0v) is 15.9. The normalized spacial score (nSPS) is 15.5. The number of rotatable bonds is 7. The molecule has 1 heterocycles. The molecule has 1 atom stereocenters. The topological polar surface area (TPSA) is 65.1 Å². The summed E-state index contributed by atoms with van der Waals surface area (Å²) >= 11 is 0. The summed E-state index contributed by atoms with van der Waals surface area (Å²) in [7, 11) is 3.09. The molecule has 2 aromatic rings. The van der Waals surface area contributed by atoms with E-state index in [1.807, 2.05) is 13.8 Å². The van der Waals surface area contributed by atoms with Crippen LogP contribution >= 0.6 is 0 Å². The Kier molecular flexibility index (Phi) is 5.19. The zero-order valence-electron chi connectivity index (χ0n) is 15.9. The standard InChI is InChI=1S/C21H23NO5/c1-5-21(27-6-2,14-11-12-17(25-3)18(13-14)26-4)22-19(23)15-9-7-8-10-16(15)20(22)24/h7-13H,5-6H2,1-4H3. The summed E-state index contributed by atoms with van der Waals surface area (Å²) in [5, 5.41) is 0. The molecule has 27 heavy (non-hydrogen) atoms. The van der Waals surface area contributed by atoms with E-state index in [9.17, 15) is 9.59 Å². The van der Waals surface area contributed by atoms with Gasteiger partial charge in [0.15, 0.2) is 17.2 Å². The molecule has 0 saturated heterocycles. The Hall–Kier alpha value is -2.86. The van der Waals surface area contributed by atoms with E-state index >= 15 is 0 Å². The molecule has 0 aliphatic carbocycles. The highest BCUT2D eigenvalue weighted by atomic mass is 16.5. The second-order valence-corrected chi connectivity index (χ2v) is 6.13. The van der Waals surface area contributed by atoms with E-state index in [2.05, 4.69) is 0 Å². The summed E-state index contributed by atoms with van der Waals surface area (Å²) in [5.41, 5.74) is 0.196. The second kappa shape index (κ2) is 7.40. The molecule has 0 radical (unpaired) electrons. The Morgan fingerprint density at radius 2 is 1.48 bits per heavy atom. The Morgan fingerprint density at radius 3 is 1.96 bits per heavy atom. The number of carbonyl (C=O) groups is 2. The van der Waals surface area contributed by atoms with Crippen LogP contribution in [0.15, 0.2) is 42.5 Å². The number of carbonyl (C=O) groups excluding carboxylic acids is 2. The van der Waals surface area contributed by atoms with Crippen LogP contribution in [0.1, 0.15) is 46.5 Å². The summed E-state index contributed by atoms with van der Waals surface area (Å²) in [5.74, 6) is 0.343. The van der Waals surface area contributed by atoms with Crippen molar-refractivity contribution in [3.05, 3.63) is 59.2 Å². The molecule has 0 spiro atoms. The minimum Gasteiger partial charge on any atom is -0.493 e. The molecule has 2 amide bonds. The van der Waals surface area contributed by atoms with Gasteiger partial charge in [0, 0.05) is 12.2 Å². The first-order valence-corrected chi connectivity index (χ1v) is 8.88. The molecule has 0 saturated carbocycles. The van der Waals surface area contributed by atoms with Crippen LogP contribution in [0.5, 0.6) is 11.5 Å². The fourth-order valence-corrected chi connectivity index (χ4v) is 3.58. The van der Waals surface area contributed by atoms with Gasteiger partial charge >= 0.3 is 0 Å². The molecule has 6 nitrogen and oxygen atoms in total. The molecule has 0 aromatic heterocycles. The molecule has 1 aliphatic heterocycles. The van der Waals surface area contributed by atoms with Gasteiger partial charge < -0.3 is 14.2 Å². The minimum atomic E-state index is -1.23. The first-order chi connectivity index (χ1) is 13.0. The third-order valence-electron chi connectivity index (χ3n) is 4.85. The third-order valence-corrected chi connectivity index (χ3v) is 4.85. The molecule has 1 unspecified atom stereocenters. The fourth-order valence-electron chi connectivity index (χ4n) is 3.58. The number of benzene rings is 2. The van der Waals surface area contributed by atoms with E-state index < -0.39 is 5.72 Å². The monoisotopic (exact) mass is 369 g/mol. The Morgan fingerprint density at radius 1 is 0.889 bits per heavy atom. The summed E-state index contributed by atoms with van der Waals surface area (Å²) in [6.45, 7) is 4.05. The molecule has 142 valence electrons. The van der Waals surface area contributed by atoms with Gasteiger partial charge in [-0.2, -0.15) is 0 Å². The lowest BCUT2D eigenvalue weighted by Gasteiger charge is -2.40. The second-order valence-electron chi connectivity index (χ2n) is 6.13. The van der Waals surface area contributed by atoms with E-state index in [1.165, 1.54) is 12.0 Å². The lowest BCUT2D eigenvalue weighted by Crippen LogP contribution is -2.51. The van der Waals surface area contributed by atoms with Crippen molar-refractivity contribution in [3.63, 3.8) is 0 Å². The maximum absolute atomic E-state index is 13.1. The fraction of sp³-hybridized carbons (Fsp3) is 0.333. The summed E-state index contributed by atoms with van der Waals surface area (Å²) in [6.07, 6.45) is 0.391. The van der Waals surface area contributed by atoms with Crippen molar-refractivity contribution in [2.45, 2.75) is 26.0 Å². The number of imide groups is 1. The van der Waals surface area contributed by atoms with E-state index in [0.29, 0.717) is 41.2 Å². The highest BCUT2D eigenvalue weighted by Gasteiger charge is 2.50.